The largest absolute Gasteiger partial charge is 0.346 e. The summed E-state index contributed by atoms with van der Waals surface area (Å²) < 4.78 is 26.1. The molecule has 2 aromatic rings. The molecule has 0 radical (unpaired) electrons. The summed E-state index contributed by atoms with van der Waals surface area (Å²) in [4.78, 5) is 8.27. The zero-order valence-electron chi connectivity index (χ0n) is 15.2. The molecular weight excluding hydrogens is 350 g/mol. The molecular formula is C18H23N5O2S. The maximum atomic E-state index is 12.3. The van der Waals surface area contributed by atoms with E-state index in [-0.39, 0.29) is 18.3 Å². The predicted octanol–water partition coefficient (Wildman–Crippen LogP) is 2.48. The molecule has 138 valence electrons. The first-order valence-electron chi connectivity index (χ1n) is 8.42. The van der Waals surface area contributed by atoms with Crippen molar-refractivity contribution in [2.45, 2.75) is 26.8 Å². The summed E-state index contributed by atoms with van der Waals surface area (Å²) in [5.41, 5.74) is 2.43. The van der Waals surface area contributed by atoms with Crippen molar-refractivity contribution in [2.24, 2.45) is 0 Å². The van der Waals surface area contributed by atoms with E-state index in [9.17, 15) is 8.42 Å². The van der Waals surface area contributed by atoms with Crippen molar-refractivity contribution in [3.05, 3.63) is 53.3 Å². The summed E-state index contributed by atoms with van der Waals surface area (Å²) in [5, 5.41) is 12.0. The molecule has 0 bridgehead atoms. The fraction of sp³-hybridized carbons (Fsp3) is 0.389. The smallest absolute Gasteiger partial charge is 0.223 e. The average Bonchev–Trinajstić information content (AvgIpc) is 2.66. The minimum atomic E-state index is -3.32. The zero-order valence-corrected chi connectivity index (χ0v) is 16.0. The van der Waals surface area contributed by atoms with Crippen LogP contribution in [0.4, 0.5) is 5.95 Å². The number of likely N-dealkylation sites (N-methyl/N-ethyl adjacent to an activating group) is 1. The standard InChI is InChI=1S/C18H23N5O2S/c1-4-23(26(24,25)5-2)13-17(16-8-6-14(3)7-9-16)22-18-20-11-15(10-19)12-21-18/h6-9,11-12,17H,4-5,13H2,1-3H3,(H,20,21,22). The number of nitrogens with zero attached hydrogens (tertiary/aromatic N) is 4. The van der Waals surface area contributed by atoms with Crippen molar-refractivity contribution in [2.75, 3.05) is 24.2 Å². The second kappa shape index (κ2) is 8.74. The summed E-state index contributed by atoms with van der Waals surface area (Å²) in [6.07, 6.45) is 2.86. The Kier molecular flexibility index (Phi) is 6.66. The number of hydrogen-bond donors (Lipinski definition) is 1. The summed E-state index contributed by atoms with van der Waals surface area (Å²) in [7, 11) is -3.32. The van der Waals surface area contributed by atoms with E-state index in [1.165, 1.54) is 16.7 Å². The quantitative estimate of drug-likeness (QED) is 0.763. The summed E-state index contributed by atoms with van der Waals surface area (Å²) in [6, 6.07) is 9.54. The highest BCUT2D eigenvalue weighted by molar-refractivity contribution is 7.89. The van der Waals surface area contributed by atoms with Crippen molar-refractivity contribution in [3.63, 3.8) is 0 Å². The molecule has 1 aromatic heterocycles. The number of anilines is 1. The SMILES string of the molecule is CCN(CC(Nc1ncc(C#N)cn1)c1ccc(C)cc1)S(=O)(=O)CC. The van der Waals surface area contributed by atoms with Gasteiger partial charge in [-0.2, -0.15) is 9.57 Å². The van der Waals surface area contributed by atoms with Crippen molar-refractivity contribution in [1.29, 1.82) is 5.26 Å². The Morgan fingerprint density at radius 2 is 1.81 bits per heavy atom. The van der Waals surface area contributed by atoms with E-state index in [0.29, 0.717) is 18.1 Å². The van der Waals surface area contributed by atoms with Gasteiger partial charge in [-0.3, -0.25) is 0 Å². The Morgan fingerprint density at radius 3 is 2.31 bits per heavy atom. The summed E-state index contributed by atoms with van der Waals surface area (Å²) in [6.45, 7) is 6.09. The van der Waals surface area contributed by atoms with Crippen LogP contribution < -0.4 is 5.32 Å². The van der Waals surface area contributed by atoms with Crippen molar-refractivity contribution < 1.29 is 8.42 Å². The van der Waals surface area contributed by atoms with Gasteiger partial charge in [0, 0.05) is 13.1 Å². The van der Waals surface area contributed by atoms with Gasteiger partial charge in [0.2, 0.25) is 16.0 Å². The number of nitrogens with one attached hydrogen (secondary N) is 1. The van der Waals surface area contributed by atoms with Gasteiger partial charge in [-0.1, -0.05) is 36.8 Å². The summed E-state index contributed by atoms with van der Waals surface area (Å²) in [5.74, 6) is 0.397. The Balaban J connectivity index is 2.31. The van der Waals surface area contributed by atoms with E-state index in [1.807, 2.05) is 44.2 Å². The van der Waals surface area contributed by atoms with Crippen LogP contribution in [0.15, 0.2) is 36.7 Å². The van der Waals surface area contributed by atoms with Crippen LogP contribution in [0, 0.1) is 18.3 Å². The van der Waals surface area contributed by atoms with Crippen LogP contribution in [0.25, 0.3) is 0 Å². The van der Waals surface area contributed by atoms with Gasteiger partial charge in [0.1, 0.15) is 6.07 Å². The van der Waals surface area contributed by atoms with Crippen LogP contribution in [0.3, 0.4) is 0 Å². The fourth-order valence-corrected chi connectivity index (χ4v) is 3.61. The molecule has 1 unspecified atom stereocenters. The topological polar surface area (TPSA) is 99.0 Å². The highest BCUT2D eigenvalue weighted by atomic mass is 32.2. The molecule has 0 amide bonds. The van der Waals surface area contributed by atoms with Crippen LogP contribution >= 0.6 is 0 Å². The number of hydrogen-bond acceptors (Lipinski definition) is 6. The predicted molar refractivity (Wildman–Crippen MR) is 101 cm³/mol. The molecule has 0 fully saturated rings. The molecule has 1 atom stereocenters. The van der Waals surface area contributed by atoms with Crippen molar-refractivity contribution >= 4 is 16.0 Å². The van der Waals surface area contributed by atoms with E-state index < -0.39 is 10.0 Å². The van der Waals surface area contributed by atoms with Gasteiger partial charge >= 0.3 is 0 Å². The Bertz CT molecular complexity index is 858. The molecule has 7 nitrogen and oxygen atoms in total. The lowest BCUT2D eigenvalue weighted by atomic mass is 10.1. The molecule has 0 aliphatic rings. The number of rotatable bonds is 8. The normalized spacial score (nSPS) is 12.6. The van der Waals surface area contributed by atoms with Crippen LogP contribution in [-0.2, 0) is 10.0 Å². The van der Waals surface area contributed by atoms with Gasteiger partial charge < -0.3 is 5.32 Å². The van der Waals surface area contributed by atoms with E-state index in [1.54, 1.807) is 6.92 Å². The van der Waals surface area contributed by atoms with Gasteiger partial charge in [0.25, 0.3) is 0 Å². The highest BCUT2D eigenvalue weighted by Crippen LogP contribution is 2.21. The molecule has 1 aromatic carbocycles. The molecule has 0 saturated carbocycles. The Morgan fingerprint density at radius 1 is 1.19 bits per heavy atom. The molecule has 0 aliphatic carbocycles. The Hall–Kier alpha value is -2.50. The third kappa shape index (κ3) is 5.00. The molecule has 1 heterocycles. The van der Waals surface area contributed by atoms with Gasteiger partial charge in [0.05, 0.1) is 29.8 Å². The van der Waals surface area contributed by atoms with Gasteiger partial charge in [-0.15, -0.1) is 0 Å². The molecule has 1 N–H and O–H groups in total. The molecule has 0 saturated heterocycles. The van der Waals surface area contributed by atoms with Gasteiger partial charge in [-0.05, 0) is 19.4 Å². The number of sulfonamides is 1. The van der Waals surface area contributed by atoms with E-state index in [0.717, 1.165) is 11.1 Å². The van der Waals surface area contributed by atoms with Crippen molar-refractivity contribution in [1.82, 2.24) is 14.3 Å². The first-order valence-corrected chi connectivity index (χ1v) is 10.0. The first kappa shape index (κ1) is 19.8. The molecule has 26 heavy (non-hydrogen) atoms. The highest BCUT2D eigenvalue weighted by Gasteiger charge is 2.24. The van der Waals surface area contributed by atoms with Crippen molar-refractivity contribution in [3.8, 4) is 6.07 Å². The molecule has 8 heteroatoms. The molecule has 0 aliphatic heterocycles. The third-order valence-electron chi connectivity index (χ3n) is 4.06. The van der Waals surface area contributed by atoms with Crippen LogP contribution in [0.1, 0.15) is 36.6 Å². The minimum Gasteiger partial charge on any atom is -0.346 e. The van der Waals surface area contributed by atoms with Crippen LogP contribution in [0.2, 0.25) is 0 Å². The fourth-order valence-electron chi connectivity index (χ4n) is 2.47. The number of aryl methyl sites for hydroxylation is 1. The zero-order chi connectivity index (χ0) is 19.2. The lowest BCUT2D eigenvalue weighted by molar-refractivity contribution is 0.410. The number of aromatic nitrogens is 2. The molecule has 2 rings (SSSR count). The lowest BCUT2D eigenvalue weighted by Gasteiger charge is -2.27. The second-order valence-electron chi connectivity index (χ2n) is 5.87. The summed E-state index contributed by atoms with van der Waals surface area (Å²) >= 11 is 0. The minimum absolute atomic E-state index is 0.0504. The van der Waals surface area contributed by atoms with E-state index >= 15 is 0 Å². The van der Waals surface area contributed by atoms with Gasteiger partial charge in [-0.25, -0.2) is 18.4 Å². The van der Waals surface area contributed by atoms with E-state index in [2.05, 4.69) is 15.3 Å². The van der Waals surface area contributed by atoms with E-state index in [4.69, 9.17) is 5.26 Å². The Labute approximate surface area is 154 Å². The van der Waals surface area contributed by atoms with Crippen LogP contribution in [0.5, 0.6) is 0 Å². The molecule has 0 spiro atoms. The monoisotopic (exact) mass is 373 g/mol. The lowest BCUT2D eigenvalue weighted by Crippen LogP contribution is -2.37. The number of benzene rings is 1. The third-order valence-corrected chi connectivity index (χ3v) is 5.98. The maximum absolute atomic E-state index is 12.3. The van der Waals surface area contributed by atoms with Crippen LogP contribution in [-0.4, -0.2) is 41.5 Å². The number of nitriles is 1. The van der Waals surface area contributed by atoms with Gasteiger partial charge in [0.15, 0.2) is 0 Å². The average molecular weight is 373 g/mol. The second-order valence-corrected chi connectivity index (χ2v) is 8.12. The maximum Gasteiger partial charge on any atom is 0.223 e. The first-order chi connectivity index (χ1) is 12.4.